The standard InChI is InChI=1S/C6H17N3/c7-5-3-1-2-4-6(8)9/h6H,1-5,7-9H2. The Hall–Kier alpha value is -0.120. The van der Waals surface area contributed by atoms with E-state index in [2.05, 4.69) is 0 Å². The van der Waals surface area contributed by atoms with Crippen molar-refractivity contribution in [2.45, 2.75) is 31.8 Å². The summed E-state index contributed by atoms with van der Waals surface area (Å²) in [5.74, 6) is 0. The zero-order valence-corrected chi connectivity index (χ0v) is 5.84. The van der Waals surface area contributed by atoms with Gasteiger partial charge in [0.1, 0.15) is 0 Å². The molecule has 0 saturated carbocycles. The Labute approximate surface area is 56.6 Å². The van der Waals surface area contributed by atoms with Gasteiger partial charge in [-0.1, -0.05) is 12.8 Å². The first kappa shape index (κ1) is 8.88. The van der Waals surface area contributed by atoms with Crippen LogP contribution in [0, 0.1) is 0 Å². The van der Waals surface area contributed by atoms with Crippen LogP contribution in [-0.2, 0) is 0 Å². The topological polar surface area (TPSA) is 78.1 Å². The smallest absolute Gasteiger partial charge is 0.0520 e. The molecule has 6 N–H and O–H groups in total. The molecule has 0 radical (unpaired) electrons. The van der Waals surface area contributed by atoms with Crippen molar-refractivity contribution in [1.29, 1.82) is 0 Å². The van der Waals surface area contributed by atoms with E-state index in [0.717, 1.165) is 32.2 Å². The summed E-state index contributed by atoms with van der Waals surface area (Å²) in [6, 6.07) is 0. The lowest BCUT2D eigenvalue weighted by molar-refractivity contribution is 0.567. The van der Waals surface area contributed by atoms with Gasteiger partial charge in [0.2, 0.25) is 0 Å². The van der Waals surface area contributed by atoms with Crippen molar-refractivity contribution >= 4 is 0 Å². The van der Waals surface area contributed by atoms with Gasteiger partial charge in [-0.3, -0.25) is 0 Å². The maximum absolute atomic E-state index is 5.32. The lowest BCUT2D eigenvalue weighted by atomic mass is 10.2. The van der Waals surface area contributed by atoms with Crippen LogP contribution in [0.1, 0.15) is 25.7 Å². The van der Waals surface area contributed by atoms with Crippen LogP contribution in [0.2, 0.25) is 0 Å². The molecule has 0 amide bonds. The van der Waals surface area contributed by atoms with Crippen LogP contribution < -0.4 is 17.2 Å². The highest BCUT2D eigenvalue weighted by atomic mass is 14.8. The highest BCUT2D eigenvalue weighted by Gasteiger charge is 1.92. The number of nitrogens with two attached hydrogens (primary N) is 3. The molecule has 0 heterocycles. The molecular weight excluding hydrogens is 114 g/mol. The first-order valence-electron chi connectivity index (χ1n) is 3.48. The molecule has 0 rings (SSSR count). The molecule has 0 atom stereocenters. The molecular formula is C6H17N3. The van der Waals surface area contributed by atoms with E-state index in [-0.39, 0.29) is 6.17 Å². The Morgan fingerprint density at radius 1 is 1.00 bits per heavy atom. The van der Waals surface area contributed by atoms with E-state index in [9.17, 15) is 0 Å². The van der Waals surface area contributed by atoms with Crippen molar-refractivity contribution in [2.75, 3.05) is 6.54 Å². The van der Waals surface area contributed by atoms with E-state index >= 15 is 0 Å². The molecule has 0 aliphatic carbocycles. The summed E-state index contributed by atoms with van der Waals surface area (Å²) < 4.78 is 0. The molecule has 56 valence electrons. The molecule has 0 aliphatic heterocycles. The van der Waals surface area contributed by atoms with E-state index in [1.165, 1.54) is 0 Å². The third kappa shape index (κ3) is 7.88. The third-order valence-electron chi connectivity index (χ3n) is 1.24. The van der Waals surface area contributed by atoms with Gasteiger partial charge >= 0.3 is 0 Å². The molecule has 0 aromatic heterocycles. The summed E-state index contributed by atoms with van der Waals surface area (Å²) in [5.41, 5.74) is 15.9. The zero-order valence-electron chi connectivity index (χ0n) is 5.84. The van der Waals surface area contributed by atoms with Gasteiger partial charge in [0, 0.05) is 0 Å². The van der Waals surface area contributed by atoms with Crippen LogP contribution in [0.3, 0.4) is 0 Å². The third-order valence-corrected chi connectivity index (χ3v) is 1.24. The summed E-state index contributed by atoms with van der Waals surface area (Å²) in [5, 5.41) is 0. The van der Waals surface area contributed by atoms with E-state index in [1.54, 1.807) is 0 Å². The van der Waals surface area contributed by atoms with Crippen LogP contribution in [0.15, 0.2) is 0 Å². The van der Waals surface area contributed by atoms with Crippen LogP contribution in [0.5, 0.6) is 0 Å². The minimum atomic E-state index is -0.136. The highest BCUT2D eigenvalue weighted by molar-refractivity contribution is 4.51. The van der Waals surface area contributed by atoms with Gasteiger partial charge in [-0.2, -0.15) is 0 Å². The maximum Gasteiger partial charge on any atom is 0.0520 e. The van der Waals surface area contributed by atoms with E-state index in [1.807, 2.05) is 0 Å². The van der Waals surface area contributed by atoms with Crippen molar-refractivity contribution in [3.63, 3.8) is 0 Å². The molecule has 0 fully saturated rings. The van der Waals surface area contributed by atoms with Crippen LogP contribution in [-0.4, -0.2) is 12.7 Å². The molecule has 3 heteroatoms. The summed E-state index contributed by atoms with van der Waals surface area (Å²) >= 11 is 0. The quantitative estimate of drug-likeness (QED) is 0.355. The Morgan fingerprint density at radius 2 is 1.67 bits per heavy atom. The minimum absolute atomic E-state index is 0.136. The molecule has 0 saturated heterocycles. The normalized spacial score (nSPS) is 10.7. The fourth-order valence-electron chi connectivity index (χ4n) is 0.701. The molecule has 0 aromatic rings. The zero-order chi connectivity index (χ0) is 7.11. The average molecular weight is 131 g/mol. The summed E-state index contributed by atoms with van der Waals surface area (Å²) in [7, 11) is 0. The summed E-state index contributed by atoms with van der Waals surface area (Å²) in [6.07, 6.45) is 4.13. The second kappa shape index (κ2) is 6.01. The Morgan fingerprint density at radius 3 is 2.11 bits per heavy atom. The average Bonchev–Trinajstić information content (AvgIpc) is 1.80. The number of hydrogen-bond acceptors (Lipinski definition) is 3. The predicted molar refractivity (Wildman–Crippen MR) is 39.7 cm³/mol. The fraction of sp³-hybridized carbons (Fsp3) is 1.00. The van der Waals surface area contributed by atoms with Gasteiger partial charge < -0.3 is 17.2 Å². The Bertz CT molecular complexity index is 54.3. The number of rotatable bonds is 5. The van der Waals surface area contributed by atoms with Crippen LogP contribution in [0.4, 0.5) is 0 Å². The Balaban J connectivity index is 2.75. The van der Waals surface area contributed by atoms with Gasteiger partial charge in [0.25, 0.3) is 0 Å². The van der Waals surface area contributed by atoms with E-state index < -0.39 is 0 Å². The van der Waals surface area contributed by atoms with E-state index in [0.29, 0.717) is 0 Å². The molecule has 0 aromatic carbocycles. The van der Waals surface area contributed by atoms with Crippen molar-refractivity contribution in [1.82, 2.24) is 0 Å². The largest absolute Gasteiger partial charge is 0.330 e. The molecule has 0 unspecified atom stereocenters. The molecule has 9 heavy (non-hydrogen) atoms. The van der Waals surface area contributed by atoms with Gasteiger partial charge in [-0.25, -0.2) is 0 Å². The second-order valence-electron chi connectivity index (χ2n) is 2.30. The molecule has 0 aliphatic rings. The first-order chi connectivity index (χ1) is 4.27. The lowest BCUT2D eigenvalue weighted by Gasteiger charge is -2.02. The van der Waals surface area contributed by atoms with Crippen molar-refractivity contribution in [3.8, 4) is 0 Å². The Kier molecular flexibility index (Phi) is 5.93. The van der Waals surface area contributed by atoms with Crippen LogP contribution in [0.25, 0.3) is 0 Å². The number of unbranched alkanes of at least 4 members (excludes halogenated alkanes) is 2. The van der Waals surface area contributed by atoms with Crippen LogP contribution >= 0.6 is 0 Å². The summed E-state index contributed by atoms with van der Waals surface area (Å²) in [6.45, 7) is 0.778. The molecule has 3 nitrogen and oxygen atoms in total. The van der Waals surface area contributed by atoms with Gasteiger partial charge in [0.05, 0.1) is 6.17 Å². The SMILES string of the molecule is NCCCCCC(N)N. The van der Waals surface area contributed by atoms with Crippen molar-refractivity contribution in [3.05, 3.63) is 0 Å². The molecule has 0 spiro atoms. The minimum Gasteiger partial charge on any atom is -0.330 e. The van der Waals surface area contributed by atoms with Crippen molar-refractivity contribution < 1.29 is 0 Å². The monoisotopic (exact) mass is 131 g/mol. The van der Waals surface area contributed by atoms with Gasteiger partial charge in [-0.05, 0) is 19.4 Å². The lowest BCUT2D eigenvalue weighted by Crippen LogP contribution is -2.29. The van der Waals surface area contributed by atoms with E-state index in [4.69, 9.17) is 17.2 Å². The van der Waals surface area contributed by atoms with Gasteiger partial charge in [0.15, 0.2) is 0 Å². The predicted octanol–water partition coefficient (Wildman–Crippen LogP) is -0.251. The number of hydrogen-bond donors (Lipinski definition) is 3. The maximum atomic E-state index is 5.32. The first-order valence-corrected chi connectivity index (χ1v) is 3.48. The summed E-state index contributed by atoms with van der Waals surface area (Å²) in [4.78, 5) is 0. The van der Waals surface area contributed by atoms with Gasteiger partial charge in [-0.15, -0.1) is 0 Å². The molecule has 0 bridgehead atoms. The second-order valence-corrected chi connectivity index (χ2v) is 2.30. The highest BCUT2D eigenvalue weighted by Crippen LogP contribution is 1.97. The van der Waals surface area contributed by atoms with Crippen molar-refractivity contribution in [2.24, 2.45) is 17.2 Å². The fourth-order valence-corrected chi connectivity index (χ4v) is 0.701.